The maximum absolute atomic E-state index is 12.9. The summed E-state index contributed by atoms with van der Waals surface area (Å²) in [5.74, 6) is -0.817. The summed E-state index contributed by atoms with van der Waals surface area (Å²) in [4.78, 5) is 22.1. The van der Waals surface area contributed by atoms with E-state index in [1.807, 2.05) is 18.2 Å². The lowest BCUT2D eigenvalue weighted by Gasteiger charge is -2.05. The third-order valence-corrected chi connectivity index (χ3v) is 4.83. The second-order valence-corrected chi connectivity index (χ2v) is 7.05. The molecule has 0 saturated carbocycles. The van der Waals surface area contributed by atoms with Crippen LogP contribution in [-0.4, -0.2) is 57.2 Å². The first-order chi connectivity index (χ1) is 15.5. The molecule has 32 heavy (non-hydrogen) atoms. The first kappa shape index (κ1) is 21.1. The number of hydrogen-bond acceptors (Lipinski definition) is 8. The first-order valence-electron chi connectivity index (χ1n) is 9.89. The molecule has 10 nitrogen and oxygen atoms in total. The van der Waals surface area contributed by atoms with E-state index in [0.717, 1.165) is 0 Å². The zero-order valence-electron chi connectivity index (χ0n) is 17.3. The van der Waals surface area contributed by atoms with Gasteiger partial charge in [-0.25, -0.2) is 9.97 Å². The zero-order chi connectivity index (χ0) is 22.7. The van der Waals surface area contributed by atoms with E-state index in [9.17, 15) is 15.0 Å². The van der Waals surface area contributed by atoms with Crippen LogP contribution in [0.15, 0.2) is 47.6 Å². The van der Waals surface area contributed by atoms with Crippen LogP contribution >= 0.6 is 0 Å². The molecule has 2 heterocycles. The number of carbonyl (C=O) groups excluding carboxylic acids is 1. The molecule has 1 amide bonds. The van der Waals surface area contributed by atoms with Crippen LogP contribution in [0.5, 0.6) is 11.5 Å². The summed E-state index contributed by atoms with van der Waals surface area (Å²) >= 11 is 0. The van der Waals surface area contributed by atoms with Crippen molar-refractivity contribution in [3.63, 3.8) is 0 Å². The fourth-order valence-electron chi connectivity index (χ4n) is 3.24. The van der Waals surface area contributed by atoms with Gasteiger partial charge in [0.1, 0.15) is 16.9 Å². The predicted octanol–water partition coefficient (Wildman–Crippen LogP) is 2.23. The van der Waals surface area contributed by atoms with Crippen LogP contribution in [0.1, 0.15) is 22.3 Å². The van der Waals surface area contributed by atoms with Gasteiger partial charge in [0.25, 0.3) is 5.91 Å². The average molecular weight is 434 g/mol. The highest BCUT2D eigenvalue weighted by atomic mass is 16.5. The third kappa shape index (κ3) is 4.03. The van der Waals surface area contributed by atoms with E-state index in [2.05, 4.69) is 20.4 Å². The highest BCUT2D eigenvalue weighted by Gasteiger charge is 2.23. The number of phenols is 2. The largest absolute Gasteiger partial charge is 0.504 e. The van der Waals surface area contributed by atoms with Crippen molar-refractivity contribution in [1.82, 2.24) is 20.0 Å². The molecule has 0 bridgehead atoms. The molecule has 0 aliphatic rings. The molecule has 2 aromatic heterocycles. The van der Waals surface area contributed by atoms with E-state index in [0.29, 0.717) is 47.3 Å². The Kier molecular flexibility index (Phi) is 5.86. The summed E-state index contributed by atoms with van der Waals surface area (Å²) in [6, 6.07) is 11.6. The van der Waals surface area contributed by atoms with Gasteiger partial charge < -0.3 is 26.0 Å². The van der Waals surface area contributed by atoms with Gasteiger partial charge in [-0.3, -0.25) is 4.79 Å². The molecule has 0 fully saturated rings. The maximum Gasteiger partial charge on any atom is 0.257 e. The van der Waals surface area contributed by atoms with E-state index in [1.54, 1.807) is 19.2 Å². The average Bonchev–Trinajstić information content (AvgIpc) is 3.06. The molecule has 5 N–H and O–H groups in total. The molecule has 4 rings (SSSR count). The minimum Gasteiger partial charge on any atom is -0.504 e. The molecule has 0 aliphatic heterocycles. The van der Waals surface area contributed by atoms with Gasteiger partial charge in [0.15, 0.2) is 17.1 Å². The van der Waals surface area contributed by atoms with Crippen molar-refractivity contribution < 1.29 is 19.7 Å². The summed E-state index contributed by atoms with van der Waals surface area (Å²) in [5, 5.41) is 26.4. The van der Waals surface area contributed by atoms with Crippen LogP contribution in [0.2, 0.25) is 0 Å². The summed E-state index contributed by atoms with van der Waals surface area (Å²) in [5.41, 5.74) is 8.92. The smallest absolute Gasteiger partial charge is 0.257 e. The topological polar surface area (TPSA) is 148 Å². The van der Waals surface area contributed by atoms with Crippen molar-refractivity contribution in [3.8, 4) is 11.5 Å². The van der Waals surface area contributed by atoms with Gasteiger partial charge in [-0.1, -0.05) is 12.1 Å². The number of amides is 1. The van der Waals surface area contributed by atoms with Crippen LogP contribution in [0.3, 0.4) is 0 Å². The Bertz CT molecular complexity index is 1330. The lowest BCUT2D eigenvalue weighted by molar-refractivity contribution is 0.0951. The molecule has 10 heteroatoms. The number of anilines is 1. The molecule has 4 aromatic rings. The number of phenolic OH excluding ortho intramolecular Hbond substituents is 2. The van der Waals surface area contributed by atoms with Gasteiger partial charge in [-0.15, -0.1) is 0 Å². The SMILES string of the molecule is COCCCNC(=O)c1c(N)n(/N=C\c2ccc(O)c(O)c2)c2nc3ccccc3nc12. The number of carbonyl (C=O) groups is 1. The van der Waals surface area contributed by atoms with Gasteiger partial charge in [0.05, 0.1) is 17.2 Å². The monoisotopic (exact) mass is 434 g/mol. The quantitative estimate of drug-likeness (QED) is 0.198. The van der Waals surface area contributed by atoms with Gasteiger partial charge in [-0.2, -0.15) is 9.78 Å². The van der Waals surface area contributed by atoms with Crippen molar-refractivity contribution in [2.75, 3.05) is 26.0 Å². The fourth-order valence-corrected chi connectivity index (χ4v) is 3.24. The van der Waals surface area contributed by atoms with Crippen molar-refractivity contribution in [1.29, 1.82) is 0 Å². The fraction of sp³-hybridized carbons (Fsp3) is 0.182. The normalized spacial score (nSPS) is 11.5. The Morgan fingerprint density at radius 1 is 1.19 bits per heavy atom. The van der Waals surface area contributed by atoms with Crippen LogP contribution < -0.4 is 11.1 Å². The summed E-state index contributed by atoms with van der Waals surface area (Å²) in [6.45, 7) is 0.932. The van der Waals surface area contributed by atoms with Crippen LogP contribution in [0.4, 0.5) is 5.82 Å². The lowest BCUT2D eigenvalue weighted by Crippen LogP contribution is -2.26. The van der Waals surface area contributed by atoms with Crippen molar-refractivity contribution in [2.24, 2.45) is 5.10 Å². The Hall–Kier alpha value is -4.18. The van der Waals surface area contributed by atoms with Crippen LogP contribution in [0.25, 0.3) is 22.2 Å². The second-order valence-electron chi connectivity index (χ2n) is 7.05. The highest BCUT2D eigenvalue weighted by Crippen LogP contribution is 2.28. The number of nitrogens with two attached hydrogens (primary N) is 1. The van der Waals surface area contributed by atoms with E-state index in [1.165, 1.54) is 23.0 Å². The number of rotatable bonds is 7. The standard InChI is InChI=1S/C22H22N6O4/c1-32-10-4-9-24-22(31)18-19-21(27-15-6-3-2-5-14(15)26-19)28(20(18)23)25-12-13-7-8-16(29)17(30)11-13/h2-3,5-8,11-12,29-30H,4,9-10,23H2,1H3,(H,24,31)/b25-12-. The number of ether oxygens (including phenoxy) is 1. The molecule has 0 aliphatic carbocycles. The number of benzene rings is 2. The minimum absolute atomic E-state index is 0.0822. The Balaban J connectivity index is 1.81. The summed E-state index contributed by atoms with van der Waals surface area (Å²) < 4.78 is 6.35. The van der Waals surface area contributed by atoms with Crippen molar-refractivity contribution in [3.05, 3.63) is 53.6 Å². The van der Waals surface area contributed by atoms with Gasteiger partial charge >= 0.3 is 0 Å². The van der Waals surface area contributed by atoms with E-state index >= 15 is 0 Å². The number of fused-ring (bicyclic) bond motifs is 2. The second kappa shape index (κ2) is 8.90. The maximum atomic E-state index is 12.9. The number of nitrogen functional groups attached to an aromatic ring is 1. The molecule has 2 aromatic carbocycles. The first-order valence-corrected chi connectivity index (χ1v) is 9.89. The summed E-state index contributed by atoms with van der Waals surface area (Å²) in [7, 11) is 1.60. The molecule has 0 radical (unpaired) electrons. The molecule has 0 saturated heterocycles. The molecule has 164 valence electrons. The lowest BCUT2D eigenvalue weighted by atomic mass is 10.2. The zero-order valence-corrected chi connectivity index (χ0v) is 17.3. The third-order valence-electron chi connectivity index (χ3n) is 4.83. The van der Waals surface area contributed by atoms with Crippen LogP contribution in [-0.2, 0) is 4.74 Å². The number of aromatic hydroxyl groups is 2. The van der Waals surface area contributed by atoms with Gasteiger partial charge in [0.2, 0.25) is 0 Å². The van der Waals surface area contributed by atoms with Crippen molar-refractivity contribution >= 4 is 40.1 Å². The summed E-state index contributed by atoms with van der Waals surface area (Å²) in [6.07, 6.45) is 2.09. The minimum atomic E-state index is -0.385. The van der Waals surface area contributed by atoms with E-state index in [-0.39, 0.29) is 28.8 Å². The van der Waals surface area contributed by atoms with Gasteiger partial charge in [-0.05, 0) is 42.3 Å². The van der Waals surface area contributed by atoms with E-state index < -0.39 is 0 Å². The number of methoxy groups -OCH3 is 1. The number of aromatic nitrogens is 3. The Morgan fingerprint density at radius 3 is 2.66 bits per heavy atom. The molecule has 0 spiro atoms. The number of nitrogens with zero attached hydrogens (tertiary/aromatic N) is 4. The Morgan fingerprint density at radius 2 is 1.94 bits per heavy atom. The molecular weight excluding hydrogens is 412 g/mol. The molecule has 0 atom stereocenters. The van der Waals surface area contributed by atoms with E-state index in [4.69, 9.17) is 10.5 Å². The molecule has 0 unspecified atom stereocenters. The number of hydrogen-bond donors (Lipinski definition) is 4. The number of nitrogens with one attached hydrogen (secondary N) is 1. The van der Waals surface area contributed by atoms with Crippen molar-refractivity contribution in [2.45, 2.75) is 6.42 Å². The molecular formula is C22H22N6O4. The highest BCUT2D eigenvalue weighted by molar-refractivity contribution is 6.10. The predicted molar refractivity (Wildman–Crippen MR) is 121 cm³/mol. The van der Waals surface area contributed by atoms with Crippen LogP contribution in [0, 0.1) is 0 Å². The number of para-hydroxylation sites is 2. The van der Waals surface area contributed by atoms with Gasteiger partial charge in [0, 0.05) is 20.3 Å². The Labute approximate surface area is 183 Å².